The zero-order valence-electron chi connectivity index (χ0n) is 15.2. The maximum Gasteiger partial charge on any atom is 0.251 e. The molecule has 1 aliphatic heterocycles. The molecule has 1 aliphatic rings. The van der Waals surface area contributed by atoms with Crippen molar-refractivity contribution in [3.8, 4) is 0 Å². The van der Waals surface area contributed by atoms with E-state index in [1.807, 2.05) is 18.2 Å². The van der Waals surface area contributed by atoms with Gasteiger partial charge in [-0.15, -0.1) is 24.0 Å². The van der Waals surface area contributed by atoms with Gasteiger partial charge in [-0.3, -0.25) is 9.79 Å². The molecule has 1 heterocycles. The summed E-state index contributed by atoms with van der Waals surface area (Å²) in [4.78, 5) is 16.1. The second kappa shape index (κ2) is 12.1. The van der Waals surface area contributed by atoms with E-state index in [0.29, 0.717) is 44.2 Å². The smallest absolute Gasteiger partial charge is 0.251 e. The van der Waals surface area contributed by atoms with Crippen molar-refractivity contribution in [1.82, 2.24) is 16.0 Å². The topological polar surface area (TPSA) is 95.0 Å². The summed E-state index contributed by atoms with van der Waals surface area (Å²) < 4.78 is 5.49. The number of amides is 1. The minimum Gasteiger partial charge on any atom is -0.396 e. The number of aliphatic hydroxyl groups is 1. The molecule has 1 amide bonds. The van der Waals surface area contributed by atoms with Gasteiger partial charge in [-0.25, -0.2) is 0 Å². The normalized spacial score (nSPS) is 19.5. The van der Waals surface area contributed by atoms with Gasteiger partial charge in [0.15, 0.2) is 5.96 Å². The second-order valence-electron chi connectivity index (χ2n) is 6.25. The third-order valence-electron chi connectivity index (χ3n) is 4.42. The van der Waals surface area contributed by atoms with Gasteiger partial charge in [-0.05, 0) is 25.0 Å². The van der Waals surface area contributed by atoms with Gasteiger partial charge in [-0.1, -0.05) is 18.2 Å². The highest BCUT2D eigenvalue weighted by Crippen LogP contribution is 2.31. The third-order valence-corrected chi connectivity index (χ3v) is 4.42. The SMILES string of the molecule is CN=C(NCCNC(=O)c1ccccc1)NCC1(CCO)CCOC1.I. The molecule has 0 radical (unpaired) electrons. The van der Waals surface area contributed by atoms with Crippen LogP contribution in [0.5, 0.6) is 0 Å². The molecule has 1 aromatic rings. The maximum absolute atomic E-state index is 12.0. The van der Waals surface area contributed by atoms with Crippen LogP contribution >= 0.6 is 24.0 Å². The van der Waals surface area contributed by atoms with Gasteiger partial charge in [0, 0.05) is 50.9 Å². The summed E-state index contributed by atoms with van der Waals surface area (Å²) in [5.41, 5.74) is 0.616. The molecule has 146 valence electrons. The van der Waals surface area contributed by atoms with E-state index in [1.54, 1.807) is 19.2 Å². The molecule has 0 bridgehead atoms. The Balaban J connectivity index is 0.00000338. The number of hydrogen-bond donors (Lipinski definition) is 4. The van der Waals surface area contributed by atoms with E-state index in [0.717, 1.165) is 13.0 Å². The molecule has 0 aromatic heterocycles. The number of benzene rings is 1. The first-order valence-electron chi connectivity index (χ1n) is 8.65. The van der Waals surface area contributed by atoms with Crippen LogP contribution < -0.4 is 16.0 Å². The first kappa shape index (κ1) is 22.7. The molecule has 1 aromatic carbocycles. The van der Waals surface area contributed by atoms with Crippen molar-refractivity contribution >= 4 is 35.8 Å². The van der Waals surface area contributed by atoms with E-state index in [-0.39, 0.29) is 41.9 Å². The van der Waals surface area contributed by atoms with Crippen molar-refractivity contribution in [3.05, 3.63) is 35.9 Å². The minimum atomic E-state index is -0.0876. The van der Waals surface area contributed by atoms with Gasteiger partial charge in [0.1, 0.15) is 0 Å². The van der Waals surface area contributed by atoms with E-state index in [2.05, 4.69) is 20.9 Å². The molecular weight excluding hydrogens is 447 g/mol. The Morgan fingerprint density at radius 3 is 2.58 bits per heavy atom. The summed E-state index contributed by atoms with van der Waals surface area (Å²) >= 11 is 0. The predicted octanol–water partition coefficient (Wildman–Crippen LogP) is 0.988. The summed E-state index contributed by atoms with van der Waals surface area (Å²) in [5.74, 6) is 0.591. The number of aliphatic hydroxyl groups excluding tert-OH is 1. The van der Waals surface area contributed by atoms with Crippen molar-refractivity contribution < 1.29 is 14.6 Å². The largest absolute Gasteiger partial charge is 0.396 e. The van der Waals surface area contributed by atoms with Crippen molar-refractivity contribution in [2.45, 2.75) is 12.8 Å². The number of hydrogen-bond acceptors (Lipinski definition) is 4. The molecule has 1 fully saturated rings. The van der Waals surface area contributed by atoms with E-state index < -0.39 is 0 Å². The maximum atomic E-state index is 12.0. The zero-order valence-corrected chi connectivity index (χ0v) is 17.5. The average Bonchev–Trinajstić information content (AvgIpc) is 3.11. The summed E-state index contributed by atoms with van der Waals surface area (Å²) in [6.07, 6.45) is 1.65. The van der Waals surface area contributed by atoms with Crippen molar-refractivity contribution in [3.63, 3.8) is 0 Å². The monoisotopic (exact) mass is 476 g/mol. The van der Waals surface area contributed by atoms with Crippen LogP contribution in [0.15, 0.2) is 35.3 Å². The molecule has 1 unspecified atom stereocenters. The number of aliphatic imine (C=N–C) groups is 1. The lowest BCUT2D eigenvalue weighted by Crippen LogP contribution is -2.46. The van der Waals surface area contributed by atoms with E-state index in [4.69, 9.17) is 4.74 Å². The number of carbonyl (C=O) groups is 1. The summed E-state index contributed by atoms with van der Waals surface area (Å²) in [7, 11) is 1.71. The van der Waals surface area contributed by atoms with Crippen molar-refractivity contribution in [1.29, 1.82) is 0 Å². The van der Waals surface area contributed by atoms with Crippen LogP contribution in [0.2, 0.25) is 0 Å². The molecule has 0 aliphatic carbocycles. The average molecular weight is 476 g/mol. The molecule has 26 heavy (non-hydrogen) atoms. The van der Waals surface area contributed by atoms with Crippen LogP contribution in [0.25, 0.3) is 0 Å². The molecular formula is C18H29IN4O3. The van der Waals surface area contributed by atoms with Crippen LogP contribution in [0.1, 0.15) is 23.2 Å². The van der Waals surface area contributed by atoms with Crippen LogP contribution in [0.4, 0.5) is 0 Å². The number of ether oxygens (including phenoxy) is 1. The molecule has 2 rings (SSSR count). The molecule has 8 heteroatoms. The fourth-order valence-corrected chi connectivity index (χ4v) is 2.85. The third kappa shape index (κ3) is 7.08. The quantitative estimate of drug-likeness (QED) is 0.194. The molecule has 4 N–H and O–H groups in total. The van der Waals surface area contributed by atoms with E-state index in [1.165, 1.54) is 0 Å². The lowest BCUT2D eigenvalue weighted by atomic mass is 9.84. The Labute approximate surface area is 172 Å². The van der Waals surface area contributed by atoms with Crippen molar-refractivity contribution in [2.24, 2.45) is 10.4 Å². The summed E-state index contributed by atoms with van der Waals surface area (Å²) in [6, 6.07) is 9.13. The van der Waals surface area contributed by atoms with Gasteiger partial charge in [0.25, 0.3) is 5.91 Å². The van der Waals surface area contributed by atoms with Gasteiger partial charge in [0.05, 0.1) is 6.61 Å². The molecule has 1 saturated heterocycles. The highest BCUT2D eigenvalue weighted by Gasteiger charge is 2.34. The highest BCUT2D eigenvalue weighted by molar-refractivity contribution is 14.0. The lowest BCUT2D eigenvalue weighted by Gasteiger charge is -2.27. The number of guanidine groups is 1. The molecule has 1 atom stereocenters. The summed E-state index contributed by atoms with van der Waals surface area (Å²) in [6.45, 7) is 3.32. The molecule has 0 spiro atoms. The Morgan fingerprint density at radius 2 is 1.96 bits per heavy atom. The predicted molar refractivity (Wildman–Crippen MR) is 113 cm³/mol. The second-order valence-corrected chi connectivity index (χ2v) is 6.25. The van der Waals surface area contributed by atoms with Crippen LogP contribution in [-0.4, -0.2) is 63.5 Å². The standard InChI is InChI=1S/C18H28N4O3.HI/c1-19-17(22-13-18(7-11-23)8-12-25-14-18)21-10-9-20-16(24)15-5-3-2-4-6-15;/h2-6,23H,7-14H2,1H3,(H,20,24)(H2,19,21,22);1H. The Hall–Kier alpha value is -1.39. The van der Waals surface area contributed by atoms with Gasteiger partial charge < -0.3 is 25.8 Å². The molecule has 7 nitrogen and oxygen atoms in total. The van der Waals surface area contributed by atoms with Gasteiger partial charge in [-0.2, -0.15) is 0 Å². The Kier molecular flexibility index (Phi) is 10.5. The number of halogens is 1. The van der Waals surface area contributed by atoms with Crippen LogP contribution in [-0.2, 0) is 4.74 Å². The molecule has 0 saturated carbocycles. The van der Waals surface area contributed by atoms with Crippen LogP contribution in [0, 0.1) is 5.41 Å². The van der Waals surface area contributed by atoms with Gasteiger partial charge in [0.2, 0.25) is 0 Å². The number of carbonyl (C=O) groups excluding carboxylic acids is 1. The number of rotatable bonds is 8. The zero-order chi connectivity index (χ0) is 18.0. The van der Waals surface area contributed by atoms with Crippen LogP contribution in [0.3, 0.4) is 0 Å². The number of nitrogens with one attached hydrogen (secondary N) is 3. The Bertz CT molecular complexity index is 563. The van der Waals surface area contributed by atoms with Crippen molar-refractivity contribution in [2.75, 3.05) is 46.5 Å². The lowest BCUT2D eigenvalue weighted by molar-refractivity contribution is 0.0954. The van der Waals surface area contributed by atoms with E-state index in [9.17, 15) is 9.90 Å². The minimum absolute atomic E-state index is 0. The number of nitrogens with zero attached hydrogens (tertiary/aromatic N) is 1. The first-order chi connectivity index (χ1) is 12.2. The Morgan fingerprint density at radius 1 is 1.23 bits per heavy atom. The highest BCUT2D eigenvalue weighted by atomic mass is 127. The van der Waals surface area contributed by atoms with Gasteiger partial charge >= 0.3 is 0 Å². The first-order valence-corrected chi connectivity index (χ1v) is 8.65. The fourth-order valence-electron chi connectivity index (χ4n) is 2.85. The van der Waals surface area contributed by atoms with E-state index >= 15 is 0 Å². The summed E-state index contributed by atoms with van der Waals surface area (Å²) in [5, 5.41) is 18.6. The fraction of sp³-hybridized carbons (Fsp3) is 0.556.